The summed E-state index contributed by atoms with van der Waals surface area (Å²) >= 11 is 4.95. The summed E-state index contributed by atoms with van der Waals surface area (Å²) in [6.07, 6.45) is 0.519. The van der Waals surface area contributed by atoms with Crippen molar-refractivity contribution in [2.75, 3.05) is 7.11 Å². The second-order valence-electron chi connectivity index (χ2n) is 5.97. The standard InChI is InChI=1S/C19H18BrN3O4S/c1-26-18(25)10-15(12-3-2-4-14(20)9-12)21-16(24)5-6-17-22-23-19(27-17)13-7-8-28-11-13/h2-4,7-9,11,15H,5-6,10H2,1H3,(H,21,24). The molecule has 146 valence electrons. The first kappa shape index (κ1) is 20.2. The fourth-order valence-corrected chi connectivity index (χ4v) is 3.62. The molecule has 0 spiro atoms. The Morgan fingerprint density at radius 1 is 1.32 bits per heavy atom. The highest BCUT2D eigenvalue weighted by atomic mass is 79.9. The van der Waals surface area contributed by atoms with Gasteiger partial charge < -0.3 is 14.5 Å². The number of methoxy groups -OCH3 is 1. The number of rotatable bonds is 8. The number of hydrogen-bond donors (Lipinski definition) is 1. The number of esters is 1. The summed E-state index contributed by atoms with van der Waals surface area (Å²) < 4.78 is 11.2. The number of amides is 1. The van der Waals surface area contributed by atoms with Crippen LogP contribution in [-0.2, 0) is 20.7 Å². The molecule has 0 aliphatic heterocycles. The minimum absolute atomic E-state index is 0.0432. The summed E-state index contributed by atoms with van der Waals surface area (Å²) in [6, 6.07) is 8.84. The minimum Gasteiger partial charge on any atom is -0.469 e. The van der Waals surface area contributed by atoms with Gasteiger partial charge in [0.15, 0.2) is 0 Å². The van der Waals surface area contributed by atoms with E-state index in [1.807, 2.05) is 41.1 Å². The number of ether oxygens (including phenoxy) is 1. The van der Waals surface area contributed by atoms with Gasteiger partial charge in [0.1, 0.15) is 0 Å². The van der Waals surface area contributed by atoms with Gasteiger partial charge in [0, 0.05) is 28.3 Å². The van der Waals surface area contributed by atoms with Crippen molar-refractivity contribution in [1.29, 1.82) is 0 Å². The second kappa shape index (κ2) is 9.61. The Morgan fingerprint density at radius 2 is 2.18 bits per heavy atom. The van der Waals surface area contributed by atoms with Crippen molar-refractivity contribution >= 4 is 39.1 Å². The normalized spacial score (nSPS) is 11.8. The van der Waals surface area contributed by atoms with E-state index >= 15 is 0 Å². The van der Waals surface area contributed by atoms with E-state index in [9.17, 15) is 9.59 Å². The maximum absolute atomic E-state index is 12.4. The number of nitrogens with one attached hydrogen (secondary N) is 1. The van der Waals surface area contributed by atoms with Gasteiger partial charge >= 0.3 is 5.97 Å². The Kier molecular flexibility index (Phi) is 6.94. The number of halogens is 1. The van der Waals surface area contributed by atoms with Crippen LogP contribution >= 0.6 is 27.3 Å². The molecule has 28 heavy (non-hydrogen) atoms. The number of hydrogen-bond acceptors (Lipinski definition) is 7. The van der Waals surface area contributed by atoms with Crippen LogP contribution in [0.4, 0.5) is 0 Å². The zero-order valence-electron chi connectivity index (χ0n) is 15.1. The Morgan fingerprint density at radius 3 is 2.89 bits per heavy atom. The van der Waals surface area contributed by atoms with Crippen LogP contribution in [0.2, 0.25) is 0 Å². The molecule has 9 heteroatoms. The van der Waals surface area contributed by atoms with Gasteiger partial charge in [0.05, 0.1) is 19.6 Å². The van der Waals surface area contributed by atoms with Crippen LogP contribution in [0.1, 0.15) is 30.3 Å². The van der Waals surface area contributed by atoms with Crippen LogP contribution in [0, 0.1) is 0 Å². The van der Waals surface area contributed by atoms with Crippen molar-refractivity contribution in [2.45, 2.75) is 25.3 Å². The van der Waals surface area contributed by atoms with Crippen molar-refractivity contribution in [2.24, 2.45) is 0 Å². The lowest BCUT2D eigenvalue weighted by atomic mass is 10.0. The van der Waals surface area contributed by atoms with Gasteiger partial charge in [-0.1, -0.05) is 28.1 Å². The highest BCUT2D eigenvalue weighted by Crippen LogP contribution is 2.23. The van der Waals surface area contributed by atoms with E-state index in [4.69, 9.17) is 9.15 Å². The number of carbonyl (C=O) groups is 2. The molecule has 1 amide bonds. The van der Waals surface area contributed by atoms with Crippen LogP contribution in [0.3, 0.4) is 0 Å². The molecular formula is C19H18BrN3O4S. The van der Waals surface area contributed by atoms with Gasteiger partial charge in [-0.15, -0.1) is 10.2 Å². The van der Waals surface area contributed by atoms with Crippen molar-refractivity contribution in [3.63, 3.8) is 0 Å². The predicted octanol–water partition coefficient (Wildman–Crippen LogP) is 3.91. The quantitative estimate of drug-likeness (QED) is 0.508. The van der Waals surface area contributed by atoms with E-state index in [1.165, 1.54) is 7.11 Å². The van der Waals surface area contributed by atoms with Crippen LogP contribution in [0.15, 0.2) is 50.0 Å². The molecule has 0 saturated heterocycles. The van der Waals surface area contributed by atoms with Crippen LogP contribution in [0.25, 0.3) is 11.5 Å². The lowest BCUT2D eigenvalue weighted by molar-refractivity contribution is -0.141. The SMILES string of the molecule is COC(=O)CC(NC(=O)CCc1nnc(-c2ccsc2)o1)c1cccc(Br)c1. The lowest BCUT2D eigenvalue weighted by Gasteiger charge is -2.18. The summed E-state index contributed by atoms with van der Waals surface area (Å²) in [5, 5.41) is 14.7. The topological polar surface area (TPSA) is 94.3 Å². The molecule has 1 aromatic carbocycles. The zero-order chi connectivity index (χ0) is 19.9. The van der Waals surface area contributed by atoms with Gasteiger partial charge in [0.25, 0.3) is 0 Å². The average molecular weight is 464 g/mol. The molecular weight excluding hydrogens is 446 g/mol. The molecule has 0 bridgehead atoms. The van der Waals surface area contributed by atoms with Gasteiger partial charge in [-0.05, 0) is 29.1 Å². The van der Waals surface area contributed by atoms with Crippen LogP contribution in [0.5, 0.6) is 0 Å². The maximum atomic E-state index is 12.4. The summed E-state index contributed by atoms with van der Waals surface area (Å²) in [7, 11) is 1.32. The first-order valence-corrected chi connectivity index (χ1v) is 10.3. The van der Waals surface area contributed by atoms with E-state index in [0.717, 1.165) is 15.6 Å². The fourth-order valence-electron chi connectivity index (χ4n) is 2.57. The van der Waals surface area contributed by atoms with E-state index in [-0.39, 0.29) is 18.7 Å². The number of thiophene rings is 1. The molecule has 1 N–H and O–H groups in total. The van der Waals surface area contributed by atoms with Gasteiger partial charge in [-0.2, -0.15) is 11.3 Å². The molecule has 0 aliphatic carbocycles. The monoisotopic (exact) mass is 463 g/mol. The van der Waals surface area contributed by atoms with E-state index in [0.29, 0.717) is 18.2 Å². The number of benzene rings is 1. The molecule has 1 atom stereocenters. The van der Waals surface area contributed by atoms with Crippen molar-refractivity contribution in [1.82, 2.24) is 15.5 Å². The Labute approximate surface area is 174 Å². The second-order valence-corrected chi connectivity index (χ2v) is 7.66. The first-order chi connectivity index (χ1) is 13.5. The highest BCUT2D eigenvalue weighted by Gasteiger charge is 2.20. The van der Waals surface area contributed by atoms with Crippen LogP contribution < -0.4 is 5.32 Å². The Bertz CT molecular complexity index is 942. The summed E-state index contributed by atoms with van der Waals surface area (Å²) in [5.41, 5.74) is 1.67. The third kappa shape index (κ3) is 5.49. The molecule has 0 aliphatic rings. The largest absolute Gasteiger partial charge is 0.469 e. The number of nitrogens with zero attached hydrogens (tertiary/aromatic N) is 2. The summed E-state index contributed by atoms with van der Waals surface area (Å²) in [4.78, 5) is 24.2. The number of carbonyl (C=O) groups excluding carboxylic acids is 2. The highest BCUT2D eigenvalue weighted by molar-refractivity contribution is 9.10. The molecule has 3 rings (SSSR count). The van der Waals surface area contributed by atoms with E-state index < -0.39 is 12.0 Å². The number of aromatic nitrogens is 2. The third-order valence-electron chi connectivity index (χ3n) is 3.99. The Hall–Kier alpha value is -2.52. The molecule has 0 saturated carbocycles. The first-order valence-electron chi connectivity index (χ1n) is 8.51. The molecule has 1 unspecified atom stereocenters. The smallest absolute Gasteiger partial charge is 0.307 e. The summed E-state index contributed by atoms with van der Waals surface area (Å²) in [6.45, 7) is 0. The fraction of sp³-hybridized carbons (Fsp3) is 0.263. The molecule has 0 radical (unpaired) electrons. The molecule has 7 nitrogen and oxygen atoms in total. The zero-order valence-corrected chi connectivity index (χ0v) is 17.5. The molecule has 2 heterocycles. The minimum atomic E-state index is -0.485. The van der Waals surface area contributed by atoms with E-state index in [2.05, 4.69) is 31.4 Å². The van der Waals surface area contributed by atoms with E-state index in [1.54, 1.807) is 11.3 Å². The molecule has 2 aromatic heterocycles. The van der Waals surface area contributed by atoms with Crippen LogP contribution in [-0.4, -0.2) is 29.2 Å². The third-order valence-corrected chi connectivity index (χ3v) is 5.16. The van der Waals surface area contributed by atoms with Gasteiger partial charge in [-0.3, -0.25) is 9.59 Å². The average Bonchev–Trinajstić information content (AvgIpc) is 3.37. The summed E-state index contributed by atoms with van der Waals surface area (Å²) in [5.74, 6) is 0.212. The number of aryl methyl sites for hydroxylation is 1. The maximum Gasteiger partial charge on any atom is 0.307 e. The predicted molar refractivity (Wildman–Crippen MR) is 108 cm³/mol. The molecule has 3 aromatic rings. The van der Waals surface area contributed by atoms with Gasteiger partial charge in [-0.25, -0.2) is 0 Å². The van der Waals surface area contributed by atoms with Crippen molar-refractivity contribution in [3.05, 3.63) is 57.0 Å². The van der Waals surface area contributed by atoms with Gasteiger partial charge in [0.2, 0.25) is 17.7 Å². The molecule has 0 fully saturated rings. The van der Waals surface area contributed by atoms with Crippen molar-refractivity contribution < 1.29 is 18.7 Å². The lowest BCUT2D eigenvalue weighted by Crippen LogP contribution is -2.30. The van der Waals surface area contributed by atoms with Crippen molar-refractivity contribution in [3.8, 4) is 11.5 Å². The Balaban J connectivity index is 1.61.